The normalized spacial score (nSPS) is 18.0. The molecule has 0 radical (unpaired) electrons. The van der Waals surface area contributed by atoms with Crippen molar-refractivity contribution < 1.29 is 18.0 Å². The largest absolute Gasteiger partial charge is 0.419 e. The van der Waals surface area contributed by atoms with E-state index in [1.54, 1.807) is 23.2 Å². The first-order chi connectivity index (χ1) is 11.9. The first kappa shape index (κ1) is 17.2. The maximum atomic E-state index is 13.2. The van der Waals surface area contributed by atoms with Crippen LogP contribution < -0.4 is 10.2 Å². The Morgan fingerprint density at radius 2 is 2.04 bits per heavy atom. The summed E-state index contributed by atoms with van der Waals surface area (Å²) in [5.41, 5.74) is -0.331. The van der Waals surface area contributed by atoms with Crippen LogP contribution in [0.2, 0.25) is 0 Å². The van der Waals surface area contributed by atoms with Crippen molar-refractivity contribution in [2.75, 3.05) is 18.0 Å². The highest BCUT2D eigenvalue weighted by Gasteiger charge is 2.36. The maximum absolute atomic E-state index is 13.2. The molecule has 25 heavy (non-hydrogen) atoms. The van der Waals surface area contributed by atoms with E-state index in [1.165, 1.54) is 18.5 Å². The van der Waals surface area contributed by atoms with Gasteiger partial charge in [-0.15, -0.1) is 0 Å². The van der Waals surface area contributed by atoms with Crippen LogP contribution >= 0.6 is 0 Å². The average molecular weight is 350 g/mol. The van der Waals surface area contributed by atoms with Crippen LogP contribution in [0, 0.1) is 0 Å². The lowest BCUT2D eigenvalue weighted by atomic mass is 10.0. The van der Waals surface area contributed by atoms with Gasteiger partial charge in [0.05, 0.1) is 11.1 Å². The van der Waals surface area contributed by atoms with Crippen molar-refractivity contribution in [1.29, 1.82) is 0 Å². The molecule has 132 valence electrons. The molecule has 1 N–H and O–H groups in total. The van der Waals surface area contributed by atoms with Crippen LogP contribution in [0.15, 0.2) is 42.9 Å². The zero-order chi connectivity index (χ0) is 17.9. The van der Waals surface area contributed by atoms with E-state index in [0.29, 0.717) is 24.9 Å². The van der Waals surface area contributed by atoms with Crippen LogP contribution in [-0.4, -0.2) is 35.0 Å². The molecule has 1 aliphatic rings. The molecule has 0 saturated carbocycles. The van der Waals surface area contributed by atoms with E-state index >= 15 is 0 Å². The number of carbonyl (C=O) groups is 1. The molecule has 0 spiro atoms. The quantitative estimate of drug-likeness (QED) is 0.925. The lowest BCUT2D eigenvalue weighted by Gasteiger charge is -2.35. The van der Waals surface area contributed by atoms with E-state index in [4.69, 9.17) is 0 Å². The minimum absolute atomic E-state index is 0.0877. The SMILES string of the molecule is O=C(NC1CCCN(c2ncccc2C(F)(F)F)C1)c1cccnc1. The van der Waals surface area contributed by atoms with E-state index in [0.717, 1.165) is 6.07 Å². The summed E-state index contributed by atoms with van der Waals surface area (Å²) >= 11 is 0. The van der Waals surface area contributed by atoms with E-state index in [2.05, 4.69) is 15.3 Å². The van der Waals surface area contributed by atoms with E-state index in [9.17, 15) is 18.0 Å². The summed E-state index contributed by atoms with van der Waals surface area (Å²) in [7, 11) is 0. The van der Waals surface area contributed by atoms with Crippen LogP contribution in [0.3, 0.4) is 0 Å². The van der Waals surface area contributed by atoms with Crippen molar-refractivity contribution in [3.63, 3.8) is 0 Å². The lowest BCUT2D eigenvalue weighted by Crippen LogP contribution is -2.48. The van der Waals surface area contributed by atoms with Crippen LogP contribution in [0.1, 0.15) is 28.8 Å². The first-order valence-electron chi connectivity index (χ1n) is 7.93. The maximum Gasteiger partial charge on any atom is 0.419 e. The molecule has 1 atom stereocenters. The summed E-state index contributed by atoms with van der Waals surface area (Å²) in [6.45, 7) is 0.755. The minimum Gasteiger partial charge on any atom is -0.354 e. The van der Waals surface area contributed by atoms with Crippen LogP contribution in [-0.2, 0) is 6.18 Å². The van der Waals surface area contributed by atoms with Gasteiger partial charge in [-0.25, -0.2) is 4.98 Å². The van der Waals surface area contributed by atoms with Gasteiger partial charge in [-0.3, -0.25) is 9.78 Å². The molecule has 2 aromatic rings. The van der Waals surface area contributed by atoms with E-state index in [-0.39, 0.29) is 24.3 Å². The average Bonchev–Trinajstić information content (AvgIpc) is 2.62. The second-order valence-electron chi connectivity index (χ2n) is 5.87. The van der Waals surface area contributed by atoms with Gasteiger partial charge in [0, 0.05) is 37.7 Å². The fraction of sp³-hybridized carbons (Fsp3) is 0.353. The van der Waals surface area contributed by atoms with Gasteiger partial charge in [0.2, 0.25) is 0 Å². The number of halogens is 3. The highest BCUT2D eigenvalue weighted by Crippen LogP contribution is 2.35. The predicted octanol–water partition coefficient (Wildman–Crippen LogP) is 2.89. The molecule has 1 fully saturated rings. The van der Waals surface area contributed by atoms with Crippen LogP contribution in [0.25, 0.3) is 0 Å². The standard InChI is InChI=1S/C17H17F3N4O/c18-17(19,20)14-6-2-8-22-15(14)24-9-3-5-13(11-24)23-16(25)12-4-1-7-21-10-12/h1-2,4,6-8,10,13H,3,5,9,11H2,(H,23,25). The van der Waals surface area contributed by atoms with Crippen molar-refractivity contribution in [3.8, 4) is 0 Å². The molecule has 0 aromatic carbocycles. The molecule has 1 saturated heterocycles. The number of carbonyl (C=O) groups excluding carboxylic acids is 1. The third-order valence-corrected chi connectivity index (χ3v) is 4.07. The zero-order valence-corrected chi connectivity index (χ0v) is 13.3. The molecule has 1 amide bonds. The Hall–Kier alpha value is -2.64. The summed E-state index contributed by atoms with van der Waals surface area (Å²) in [6, 6.07) is 5.36. The second-order valence-corrected chi connectivity index (χ2v) is 5.87. The lowest BCUT2D eigenvalue weighted by molar-refractivity contribution is -0.137. The number of aromatic nitrogens is 2. The number of piperidine rings is 1. The summed E-state index contributed by atoms with van der Waals surface area (Å²) < 4.78 is 39.6. The van der Waals surface area contributed by atoms with Gasteiger partial charge in [0.25, 0.3) is 5.91 Å². The Morgan fingerprint density at radius 3 is 2.76 bits per heavy atom. The monoisotopic (exact) mass is 350 g/mol. The molecule has 1 unspecified atom stereocenters. The zero-order valence-electron chi connectivity index (χ0n) is 13.3. The number of pyridine rings is 2. The summed E-state index contributed by atoms with van der Waals surface area (Å²) in [5, 5.41) is 2.86. The molecular formula is C17H17F3N4O. The Kier molecular flexibility index (Phi) is 4.87. The van der Waals surface area contributed by atoms with Crippen LogP contribution in [0.5, 0.6) is 0 Å². The van der Waals surface area contributed by atoms with Crippen molar-refractivity contribution in [2.45, 2.75) is 25.1 Å². The Labute approximate surface area is 142 Å². The van der Waals surface area contributed by atoms with Gasteiger partial charge in [0.1, 0.15) is 5.82 Å². The Morgan fingerprint density at radius 1 is 1.24 bits per heavy atom. The van der Waals surface area contributed by atoms with E-state index < -0.39 is 11.7 Å². The smallest absolute Gasteiger partial charge is 0.354 e. The van der Waals surface area contributed by atoms with Crippen molar-refractivity contribution in [3.05, 3.63) is 54.0 Å². The minimum atomic E-state index is -4.46. The second kappa shape index (κ2) is 7.08. The van der Waals surface area contributed by atoms with Crippen molar-refractivity contribution in [1.82, 2.24) is 15.3 Å². The molecule has 0 aliphatic carbocycles. The van der Waals surface area contributed by atoms with Crippen molar-refractivity contribution in [2.24, 2.45) is 0 Å². The number of hydrogen-bond acceptors (Lipinski definition) is 4. The number of anilines is 1. The topological polar surface area (TPSA) is 58.1 Å². The number of nitrogens with zero attached hydrogens (tertiary/aromatic N) is 3. The molecule has 8 heteroatoms. The number of nitrogens with one attached hydrogen (secondary N) is 1. The third kappa shape index (κ3) is 4.07. The summed E-state index contributed by atoms with van der Waals surface area (Å²) in [6.07, 6.45) is 1.29. The van der Waals surface area contributed by atoms with Gasteiger partial charge in [0.15, 0.2) is 0 Å². The highest BCUT2D eigenvalue weighted by atomic mass is 19.4. The van der Waals surface area contributed by atoms with Gasteiger partial charge < -0.3 is 10.2 Å². The molecule has 3 heterocycles. The predicted molar refractivity (Wildman–Crippen MR) is 86.2 cm³/mol. The number of alkyl halides is 3. The van der Waals surface area contributed by atoms with Crippen LogP contribution in [0.4, 0.5) is 19.0 Å². The molecule has 2 aromatic heterocycles. The molecular weight excluding hydrogens is 333 g/mol. The molecule has 1 aliphatic heterocycles. The number of hydrogen-bond donors (Lipinski definition) is 1. The Bertz CT molecular complexity index is 736. The fourth-order valence-electron chi connectivity index (χ4n) is 2.92. The number of rotatable bonds is 3. The molecule has 5 nitrogen and oxygen atoms in total. The van der Waals surface area contributed by atoms with Gasteiger partial charge in [-0.1, -0.05) is 0 Å². The van der Waals surface area contributed by atoms with Gasteiger partial charge in [-0.05, 0) is 37.1 Å². The first-order valence-corrected chi connectivity index (χ1v) is 7.93. The number of amides is 1. The Balaban J connectivity index is 1.73. The third-order valence-electron chi connectivity index (χ3n) is 4.07. The van der Waals surface area contributed by atoms with Gasteiger partial charge in [-0.2, -0.15) is 13.2 Å². The fourth-order valence-corrected chi connectivity index (χ4v) is 2.92. The molecule has 3 rings (SSSR count). The van der Waals surface area contributed by atoms with E-state index in [1.807, 2.05) is 0 Å². The van der Waals surface area contributed by atoms with Gasteiger partial charge >= 0.3 is 6.18 Å². The summed E-state index contributed by atoms with van der Waals surface area (Å²) in [5.74, 6) is -0.368. The summed E-state index contributed by atoms with van der Waals surface area (Å²) in [4.78, 5) is 21.6. The molecule has 0 bridgehead atoms. The highest BCUT2D eigenvalue weighted by molar-refractivity contribution is 5.94. The van der Waals surface area contributed by atoms with Crippen molar-refractivity contribution >= 4 is 11.7 Å².